The summed E-state index contributed by atoms with van der Waals surface area (Å²) in [6.07, 6.45) is 1.78. The SMILES string of the molecule is Cc1nnc2n1CCN(C(=O)c1cn(CC#N)c3ccccc13)C2. The summed E-state index contributed by atoms with van der Waals surface area (Å²) >= 11 is 0. The van der Waals surface area contributed by atoms with E-state index < -0.39 is 0 Å². The van der Waals surface area contributed by atoms with Crippen LogP contribution in [0.2, 0.25) is 0 Å². The highest BCUT2D eigenvalue weighted by Gasteiger charge is 2.26. The average Bonchev–Trinajstić information content (AvgIpc) is 3.16. The van der Waals surface area contributed by atoms with E-state index in [9.17, 15) is 4.79 Å². The predicted octanol–water partition coefficient (Wildman–Crippen LogP) is 1.72. The smallest absolute Gasteiger partial charge is 0.256 e. The first kappa shape index (κ1) is 14.5. The molecule has 3 heterocycles. The molecule has 4 rings (SSSR count). The van der Waals surface area contributed by atoms with E-state index in [1.807, 2.05) is 40.3 Å². The van der Waals surface area contributed by atoms with E-state index in [0.717, 1.165) is 22.6 Å². The number of carbonyl (C=O) groups is 1. The van der Waals surface area contributed by atoms with Gasteiger partial charge in [-0.25, -0.2) is 0 Å². The number of benzene rings is 1. The normalized spacial score (nSPS) is 13.8. The maximum atomic E-state index is 13.0. The van der Waals surface area contributed by atoms with Crippen LogP contribution in [0.1, 0.15) is 22.0 Å². The Labute approximate surface area is 138 Å². The maximum Gasteiger partial charge on any atom is 0.256 e. The fourth-order valence-electron chi connectivity index (χ4n) is 3.27. The zero-order chi connectivity index (χ0) is 16.7. The van der Waals surface area contributed by atoms with E-state index in [-0.39, 0.29) is 12.5 Å². The van der Waals surface area contributed by atoms with Crippen LogP contribution in [0.4, 0.5) is 0 Å². The van der Waals surface area contributed by atoms with Crippen molar-refractivity contribution in [2.24, 2.45) is 0 Å². The van der Waals surface area contributed by atoms with E-state index in [4.69, 9.17) is 5.26 Å². The molecule has 0 aliphatic carbocycles. The lowest BCUT2D eigenvalue weighted by atomic mass is 10.1. The molecular weight excluding hydrogens is 304 g/mol. The molecule has 2 aromatic heterocycles. The lowest BCUT2D eigenvalue weighted by Crippen LogP contribution is -2.38. The molecule has 0 spiro atoms. The fourth-order valence-corrected chi connectivity index (χ4v) is 3.27. The first-order valence-corrected chi connectivity index (χ1v) is 7.82. The third kappa shape index (κ3) is 2.15. The summed E-state index contributed by atoms with van der Waals surface area (Å²) in [5.41, 5.74) is 1.53. The molecule has 1 aliphatic heterocycles. The molecule has 0 atom stereocenters. The van der Waals surface area contributed by atoms with Crippen LogP contribution < -0.4 is 0 Å². The number of hydrogen-bond donors (Lipinski definition) is 0. The number of aromatic nitrogens is 4. The molecule has 0 saturated heterocycles. The zero-order valence-corrected chi connectivity index (χ0v) is 13.3. The average molecular weight is 320 g/mol. The number of nitrogens with zero attached hydrogens (tertiary/aromatic N) is 6. The molecule has 0 unspecified atom stereocenters. The standard InChI is InChI=1S/C17H16N6O/c1-12-19-20-16-11-22(8-9-23(12)16)17(24)14-10-21(7-6-18)15-5-3-2-4-13(14)15/h2-5,10H,7-9,11H2,1H3. The Balaban J connectivity index is 1.71. The summed E-state index contributed by atoms with van der Waals surface area (Å²) in [7, 11) is 0. The van der Waals surface area contributed by atoms with Crippen molar-refractivity contribution >= 4 is 16.8 Å². The second kappa shape index (κ2) is 5.49. The highest BCUT2D eigenvalue weighted by molar-refractivity contribution is 6.07. The number of nitriles is 1. The van der Waals surface area contributed by atoms with Gasteiger partial charge in [-0.2, -0.15) is 5.26 Å². The Kier molecular flexibility index (Phi) is 3.31. The van der Waals surface area contributed by atoms with Crippen LogP contribution in [0.15, 0.2) is 30.5 Å². The van der Waals surface area contributed by atoms with Crippen molar-refractivity contribution in [3.8, 4) is 6.07 Å². The Hall–Kier alpha value is -3.14. The summed E-state index contributed by atoms with van der Waals surface area (Å²) in [6.45, 7) is 3.93. The largest absolute Gasteiger partial charge is 0.333 e. The monoisotopic (exact) mass is 320 g/mol. The Morgan fingerprint density at radius 3 is 2.96 bits per heavy atom. The molecule has 0 saturated carbocycles. The molecule has 1 aliphatic rings. The lowest BCUT2D eigenvalue weighted by Gasteiger charge is -2.27. The van der Waals surface area contributed by atoms with Crippen molar-refractivity contribution in [1.82, 2.24) is 24.2 Å². The van der Waals surface area contributed by atoms with E-state index in [1.165, 1.54) is 0 Å². The van der Waals surface area contributed by atoms with Gasteiger partial charge >= 0.3 is 0 Å². The second-order valence-electron chi connectivity index (χ2n) is 5.89. The van der Waals surface area contributed by atoms with Gasteiger partial charge in [0.15, 0.2) is 5.82 Å². The van der Waals surface area contributed by atoms with E-state index in [0.29, 0.717) is 25.2 Å². The number of amides is 1. The van der Waals surface area contributed by atoms with Crippen molar-refractivity contribution in [2.75, 3.05) is 6.54 Å². The van der Waals surface area contributed by atoms with Gasteiger partial charge in [-0.15, -0.1) is 10.2 Å². The summed E-state index contributed by atoms with van der Waals surface area (Å²) in [5.74, 6) is 1.66. The number of rotatable bonds is 2. The molecule has 0 N–H and O–H groups in total. The summed E-state index contributed by atoms with van der Waals surface area (Å²) in [5, 5.41) is 18.1. The molecule has 24 heavy (non-hydrogen) atoms. The minimum atomic E-state index is -0.0326. The maximum absolute atomic E-state index is 13.0. The van der Waals surface area contributed by atoms with Crippen LogP contribution in [0.25, 0.3) is 10.9 Å². The van der Waals surface area contributed by atoms with Crippen molar-refractivity contribution < 1.29 is 4.79 Å². The Morgan fingerprint density at radius 2 is 2.12 bits per heavy atom. The molecule has 3 aromatic rings. The number of fused-ring (bicyclic) bond motifs is 2. The third-order valence-corrected chi connectivity index (χ3v) is 4.49. The molecule has 120 valence electrons. The van der Waals surface area contributed by atoms with Crippen LogP contribution in [0.3, 0.4) is 0 Å². The Morgan fingerprint density at radius 1 is 1.29 bits per heavy atom. The lowest BCUT2D eigenvalue weighted by molar-refractivity contribution is 0.0708. The van der Waals surface area contributed by atoms with Crippen molar-refractivity contribution in [3.63, 3.8) is 0 Å². The highest BCUT2D eigenvalue weighted by atomic mass is 16.2. The van der Waals surface area contributed by atoms with Gasteiger partial charge < -0.3 is 14.0 Å². The quantitative estimate of drug-likeness (QED) is 0.720. The molecular formula is C17H16N6O. The summed E-state index contributed by atoms with van der Waals surface area (Å²) in [6, 6.07) is 9.82. The molecule has 0 bridgehead atoms. The second-order valence-corrected chi connectivity index (χ2v) is 5.89. The molecule has 0 radical (unpaired) electrons. The van der Waals surface area contributed by atoms with Crippen molar-refractivity contribution in [2.45, 2.75) is 26.6 Å². The van der Waals surface area contributed by atoms with E-state index in [2.05, 4.69) is 16.3 Å². The van der Waals surface area contributed by atoms with Gasteiger partial charge in [0, 0.05) is 30.2 Å². The minimum absolute atomic E-state index is 0.0326. The van der Waals surface area contributed by atoms with Gasteiger partial charge in [-0.05, 0) is 13.0 Å². The van der Waals surface area contributed by atoms with Gasteiger partial charge in [0.25, 0.3) is 5.91 Å². The number of hydrogen-bond acceptors (Lipinski definition) is 4. The summed E-state index contributed by atoms with van der Waals surface area (Å²) < 4.78 is 3.86. The van der Waals surface area contributed by atoms with Gasteiger partial charge in [0.2, 0.25) is 0 Å². The number of carbonyl (C=O) groups excluding carboxylic acids is 1. The summed E-state index contributed by atoms with van der Waals surface area (Å²) in [4.78, 5) is 14.8. The zero-order valence-electron chi connectivity index (χ0n) is 13.3. The third-order valence-electron chi connectivity index (χ3n) is 4.49. The van der Waals surface area contributed by atoms with Crippen LogP contribution in [-0.4, -0.2) is 36.7 Å². The number of aryl methyl sites for hydroxylation is 1. The first-order chi connectivity index (χ1) is 11.7. The molecule has 7 heteroatoms. The molecule has 1 aromatic carbocycles. The van der Waals surface area contributed by atoms with E-state index >= 15 is 0 Å². The van der Waals surface area contributed by atoms with Gasteiger partial charge in [0.1, 0.15) is 12.4 Å². The Bertz CT molecular complexity index is 977. The highest BCUT2D eigenvalue weighted by Crippen LogP contribution is 2.24. The molecule has 1 amide bonds. The van der Waals surface area contributed by atoms with Crippen LogP contribution >= 0.6 is 0 Å². The molecule has 0 fully saturated rings. The van der Waals surface area contributed by atoms with Gasteiger partial charge in [-0.1, -0.05) is 18.2 Å². The van der Waals surface area contributed by atoms with E-state index in [1.54, 1.807) is 11.1 Å². The predicted molar refractivity (Wildman–Crippen MR) is 87.1 cm³/mol. The van der Waals surface area contributed by atoms with Crippen molar-refractivity contribution in [3.05, 3.63) is 47.7 Å². The topological polar surface area (TPSA) is 79.7 Å². The van der Waals surface area contributed by atoms with Crippen LogP contribution in [0, 0.1) is 18.3 Å². The van der Waals surface area contributed by atoms with Crippen molar-refractivity contribution in [1.29, 1.82) is 5.26 Å². The fraction of sp³-hybridized carbons (Fsp3) is 0.294. The minimum Gasteiger partial charge on any atom is -0.333 e. The van der Waals surface area contributed by atoms with Gasteiger partial charge in [-0.3, -0.25) is 4.79 Å². The first-order valence-electron chi connectivity index (χ1n) is 7.82. The number of para-hydroxylation sites is 1. The van der Waals surface area contributed by atoms with Gasteiger partial charge in [0.05, 0.1) is 18.2 Å². The van der Waals surface area contributed by atoms with Crippen LogP contribution in [0.5, 0.6) is 0 Å². The molecule has 7 nitrogen and oxygen atoms in total. The van der Waals surface area contributed by atoms with Crippen LogP contribution in [-0.2, 0) is 19.6 Å².